The van der Waals surface area contributed by atoms with Crippen LogP contribution in [0.4, 0.5) is 4.39 Å². The number of aliphatic hydroxyl groups is 1. The number of rotatable bonds is 9. The predicted octanol–water partition coefficient (Wildman–Crippen LogP) is 3.74. The van der Waals surface area contributed by atoms with Crippen LogP contribution in [0.3, 0.4) is 0 Å². The van der Waals surface area contributed by atoms with Crippen LogP contribution in [0.5, 0.6) is 0 Å². The monoisotopic (exact) mass is 412 g/mol. The number of hydrogen-bond acceptors (Lipinski definition) is 5. The number of ketones is 1. The smallest absolute Gasteiger partial charge is 0.290 e. The maximum atomic E-state index is 13.9. The van der Waals surface area contributed by atoms with E-state index in [0.29, 0.717) is 24.4 Å². The van der Waals surface area contributed by atoms with E-state index in [9.17, 15) is 19.1 Å². The minimum atomic E-state index is -0.863. The third-order valence-corrected chi connectivity index (χ3v) is 5.23. The fourth-order valence-corrected chi connectivity index (χ4v) is 3.58. The normalized spacial score (nSPS) is 17.0. The molecule has 3 rings (SSSR count). The van der Waals surface area contributed by atoms with E-state index in [2.05, 4.69) is 4.90 Å². The lowest BCUT2D eigenvalue weighted by molar-refractivity contribution is -0.129. The molecule has 1 aliphatic rings. The minimum absolute atomic E-state index is 0.0621. The van der Waals surface area contributed by atoms with E-state index >= 15 is 0 Å². The second-order valence-corrected chi connectivity index (χ2v) is 6.96. The number of amides is 1. The molecule has 0 fully saturated rings. The standard InChI is InChI=1S/C23H25FN2O4/c1-3-25(4-2)12-13-26-21(16-7-5-8-17(24)15-16)20(22(28)23(26)29)19(27)11-10-18-9-6-14-30-18/h5-11,14-15,21,28H,3-4,12-13H2,1-2H3/b11-10+. The zero-order chi connectivity index (χ0) is 21.7. The summed E-state index contributed by atoms with van der Waals surface area (Å²) in [5, 5.41) is 10.5. The van der Waals surface area contributed by atoms with Gasteiger partial charge in [0, 0.05) is 13.1 Å². The average molecular weight is 412 g/mol. The minimum Gasteiger partial charge on any atom is -0.503 e. The number of carbonyl (C=O) groups is 2. The predicted molar refractivity (Wildman–Crippen MR) is 111 cm³/mol. The van der Waals surface area contributed by atoms with Crippen molar-refractivity contribution >= 4 is 17.8 Å². The molecule has 0 bridgehead atoms. The van der Waals surface area contributed by atoms with Crippen molar-refractivity contribution in [3.05, 3.63) is 77.2 Å². The quantitative estimate of drug-likeness (QED) is 0.635. The molecule has 1 aromatic carbocycles. The summed E-state index contributed by atoms with van der Waals surface area (Å²) in [6, 6.07) is 8.24. The van der Waals surface area contributed by atoms with Crippen molar-refractivity contribution in [2.75, 3.05) is 26.2 Å². The van der Waals surface area contributed by atoms with Gasteiger partial charge >= 0.3 is 0 Å². The summed E-state index contributed by atoms with van der Waals surface area (Å²) in [4.78, 5) is 29.3. The maximum absolute atomic E-state index is 13.9. The Morgan fingerprint density at radius 1 is 1.27 bits per heavy atom. The van der Waals surface area contributed by atoms with Crippen LogP contribution in [0.15, 0.2) is 64.5 Å². The molecule has 0 saturated heterocycles. The summed E-state index contributed by atoms with van der Waals surface area (Å²) in [7, 11) is 0. The molecular formula is C23H25FN2O4. The number of carbonyl (C=O) groups excluding carboxylic acids is 2. The highest BCUT2D eigenvalue weighted by Gasteiger charge is 2.42. The summed E-state index contributed by atoms with van der Waals surface area (Å²) in [5.74, 6) is -1.78. The molecule has 2 aromatic rings. The molecule has 1 N–H and O–H groups in total. The molecule has 0 aliphatic carbocycles. The molecule has 0 saturated carbocycles. The van der Waals surface area contributed by atoms with E-state index < -0.39 is 29.3 Å². The number of aliphatic hydroxyl groups excluding tert-OH is 1. The van der Waals surface area contributed by atoms with E-state index in [1.165, 1.54) is 41.5 Å². The molecule has 0 spiro atoms. The summed E-state index contributed by atoms with van der Waals surface area (Å²) in [5.41, 5.74) is 0.370. The molecule has 0 radical (unpaired) electrons. The number of allylic oxidation sites excluding steroid dienone is 1. The molecule has 30 heavy (non-hydrogen) atoms. The summed E-state index contributed by atoms with van der Waals surface area (Å²) >= 11 is 0. The highest BCUT2D eigenvalue weighted by atomic mass is 19.1. The Labute approximate surface area is 174 Å². The van der Waals surface area contributed by atoms with Gasteiger partial charge in [-0.3, -0.25) is 9.59 Å². The number of nitrogens with zero attached hydrogens (tertiary/aromatic N) is 2. The van der Waals surface area contributed by atoms with Crippen LogP contribution in [0.2, 0.25) is 0 Å². The van der Waals surface area contributed by atoms with Crippen LogP contribution in [-0.2, 0) is 9.59 Å². The Morgan fingerprint density at radius 3 is 2.67 bits per heavy atom. The van der Waals surface area contributed by atoms with Gasteiger partial charge in [0.2, 0.25) is 0 Å². The summed E-state index contributed by atoms with van der Waals surface area (Å²) < 4.78 is 19.1. The molecule has 1 atom stereocenters. The Kier molecular flexibility index (Phi) is 6.84. The molecule has 1 aromatic heterocycles. The van der Waals surface area contributed by atoms with Crippen molar-refractivity contribution in [3.8, 4) is 0 Å². The molecule has 6 nitrogen and oxygen atoms in total. The van der Waals surface area contributed by atoms with Crippen LogP contribution in [-0.4, -0.2) is 52.8 Å². The molecule has 1 unspecified atom stereocenters. The Morgan fingerprint density at radius 2 is 2.03 bits per heavy atom. The van der Waals surface area contributed by atoms with Gasteiger partial charge in [0.25, 0.3) is 5.91 Å². The summed E-state index contributed by atoms with van der Waals surface area (Å²) in [6.45, 7) is 6.51. The Hall–Kier alpha value is -3.19. The fraction of sp³-hybridized carbons (Fsp3) is 0.304. The molecule has 7 heteroatoms. The summed E-state index contributed by atoms with van der Waals surface area (Å²) in [6.07, 6.45) is 4.19. The Balaban J connectivity index is 1.95. The van der Waals surface area contributed by atoms with Crippen molar-refractivity contribution in [1.82, 2.24) is 9.80 Å². The average Bonchev–Trinajstić information content (AvgIpc) is 3.34. The molecular weight excluding hydrogens is 387 g/mol. The molecule has 1 aliphatic heterocycles. The first-order valence-corrected chi connectivity index (χ1v) is 9.94. The molecule has 2 heterocycles. The van der Waals surface area contributed by atoms with Gasteiger partial charge in [-0.2, -0.15) is 0 Å². The van der Waals surface area contributed by atoms with Crippen molar-refractivity contribution in [1.29, 1.82) is 0 Å². The van der Waals surface area contributed by atoms with Gasteiger partial charge < -0.3 is 19.3 Å². The Bertz CT molecular complexity index is 961. The lowest BCUT2D eigenvalue weighted by atomic mass is 9.95. The second-order valence-electron chi connectivity index (χ2n) is 6.96. The van der Waals surface area contributed by atoms with Gasteiger partial charge in [0.15, 0.2) is 11.5 Å². The van der Waals surface area contributed by atoms with Crippen molar-refractivity contribution in [2.45, 2.75) is 19.9 Å². The largest absolute Gasteiger partial charge is 0.503 e. The maximum Gasteiger partial charge on any atom is 0.290 e. The highest BCUT2D eigenvalue weighted by Crippen LogP contribution is 2.38. The van der Waals surface area contributed by atoms with Crippen molar-refractivity contribution < 1.29 is 23.5 Å². The van der Waals surface area contributed by atoms with Gasteiger partial charge in [-0.1, -0.05) is 26.0 Å². The highest BCUT2D eigenvalue weighted by molar-refractivity contribution is 6.14. The van der Waals surface area contributed by atoms with Gasteiger partial charge in [-0.05, 0) is 55.1 Å². The van der Waals surface area contributed by atoms with Crippen LogP contribution < -0.4 is 0 Å². The molecule has 1 amide bonds. The van der Waals surface area contributed by atoms with Crippen LogP contribution in [0.1, 0.15) is 31.2 Å². The van der Waals surface area contributed by atoms with E-state index in [4.69, 9.17) is 4.42 Å². The zero-order valence-electron chi connectivity index (χ0n) is 17.0. The molecule has 158 valence electrons. The van der Waals surface area contributed by atoms with Gasteiger partial charge in [0.05, 0.1) is 17.9 Å². The lowest BCUT2D eigenvalue weighted by Gasteiger charge is -2.29. The zero-order valence-corrected chi connectivity index (χ0v) is 17.0. The van der Waals surface area contributed by atoms with E-state index in [1.54, 1.807) is 18.2 Å². The first kappa shape index (κ1) is 21.5. The van der Waals surface area contributed by atoms with Crippen LogP contribution >= 0.6 is 0 Å². The third-order valence-electron chi connectivity index (χ3n) is 5.23. The fourth-order valence-electron chi connectivity index (χ4n) is 3.58. The second kappa shape index (κ2) is 9.54. The van der Waals surface area contributed by atoms with Gasteiger partial charge in [0.1, 0.15) is 11.6 Å². The van der Waals surface area contributed by atoms with Gasteiger partial charge in [-0.15, -0.1) is 0 Å². The third kappa shape index (κ3) is 4.52. The van der Waals surface area contributed by atoms with Gasteiger partial charge in [-0.25, -0.2) is 4.39 Å². The van der Waals surface area contributed by atoms with E-state index in [-0.39, 0.29) is 5.57 Å². The van der Waals surface area contributed by atoms with Crippen LogP contribution in [0.25, 0.3) is 6.08 Å². The topological polar surface area (TPSA) is 74.0 Å². The number of furan rings is 1. The number of likely N-dealkylation sites (N-methyl/N-ethyl adjacent to an activating group) is 1. The first-order chi connectivity index (χ1) is 14.5. The SMILES string of the molecule is CCN(CC)CCN1C(=O)C(O)=C(C(=O)/C=C/c2ccco2)C1c1cccc(F)c1. The van der Waals surface area contributed by atoms with Crippen molar-refractivity contribution in [3.63, 3.8) is 0 Å². The number of halogens is 1. The van der Waals surface area contributed by atoms with E-state index in [0.717, 1.165) is 13.1 Å². The van der Waals surface area contributed by atoms with E-state index in [1.807, 2.05) is 13.8 Å². The van der Waals surface area contributed by atoms with Crippen molar-refractivity contribution in [2.24, 2.45) is 0 Å². The number of benzene rings is 1. The first-order valence-electron chi connectivity index (χ1n) is 9.94. The van der Waals surface area contributed by atoms with Crippen LogP contribution in [0, 0.1) is 5.82 Å². The number of hydrogen-bond donors (Lipinski definition) is 1. The lowest BCUT2D eigenvalue weighted by Crippen LogP contribution is -2.38.